The van der Waals surface area contributed by atoms with Gasteiger partial charge in [-0.2, -0.15) is 0 Å². The van der Waals surface area contributed by atoms with Gasteiger partial charge in [0, 0.05) is 0 Å². The summed E-state index contributed by atoms with van der Waals surface area (Å²) >= 11 is 6.03. The number of carbonyl (C=O) groups is 2. The van der Waals surface area contributed by atoms with Gasteiger partial charge in [-0.15, -0.1) is 5.06 Å². The molecule has 0 spiro atoms. The fourth-order valence-corrected chi connectivity index (χ4v) is 1.95. The molecule has 0 aliphatic carbocycles. The number of carbonyl (C=O) groups excluding carboxylic acids is 2. The first-order valence-corrected chi connectivity index (χ1v) is 6.30. The number of amides is 2. The third kappa shape index (κ3) is 2.48. The van der Waals surface area contributed by atoms with E-state index in [1.807, 2.05) is 30.3 Å². The summed E-state index contributed by atoms with van der Waals surface area (Å²) in [4.78, 5) is 28.4. The lowest BCUT2D eigenvalue weighted by Gasteiger charge is -2.13. The van der Waals surface area contributed by atoms with Gasteiger partial charge in [0.15, 0.2) is 0 Å². The zero-order valence-corrected chi connectivity index (χ0v) is 11.7. The van der Waals surface area contributed by atoms with Crippen LogP contribution in [0.2, 0.25) is 0 Å². The molecule has 1 aliphatic rings. The van der Waals surface area contributed by atoms with Crippen LogP contribution in [0.4, 0.5) is 0 Å². The van der Waals surface area contributed by atoms with Crippen LogP contribution in [0, 0.1) is 0 Å². The third-order valence-electron chi connectivity index (χ3n) is 2.14. The van der Waals surface area contributed by atoms with Crippen LogP contribution >= 0.6 is 31.9 Å². The molecule has 1 aromatic carbocycles. The monoisotopic (exact) mass is 359 g/mol. The molecule has 17 heavy (non-hydrogen) atoms. The molecule has 0 radical (unpaired) electrons. The van der Waals surface area contributed by atoms with Crippen LogP contribution in [-0.2, 0) is 21.0 Å². The van der Waals surface area contributed by atoms with Crippen molar-refractivity contribution in [2.24, 2.45) is 0 Å². The quantitative estimate of drug-likeness (QED) is 0.778. The van der Waals surface area contributed by atoms with Gasteiger partial charge < -0.3 is 0 Å². The minimum atomic E-state index is -0.502. The summed E-state index contributed by atoms with van der Waals surface area (Å²) in [5, 5.41) is 0.737. The molecule has 1 aromatic rings. The van der Waals surface area contributed by atoms with E-state index in [1.165, 1.54) is 0 Å². The third-order valence-corrected chi connectivity index (χ3v) is 4.14. The number of hydrogen-bond acceptors (Lipinski definition) is 3. The van der Waals surface area contributed by atoms with Crippen LogP contribution in [0.5, 0.6) is 0 Å². The van der Waals surface area contributed by atoms with E-state index in [9.17, 15) is 9.59 Å². The predicted octanol–water partition coefficient (Wildman–Crippen LogP) is 2.49. The topological polar surface area (TPSA) is 46.6 Å². The zero-order chi connectivity index (χ0) is 12.4. The average Bonchev–Trinajstić information content (AvgIpc) is 2.54. The van der Waals surface area contributed by atoms with E-state index in [2.05, 4.69) is 31.9 Å². The molecule has 0 atom stereocenters. The van der Waals surface area contributed by atoms with Crippen molar-refractivity contribution in [2.45, 2.75) is 6.61 Å². The molecule has 88 valence electrons. The van der Waals surface area contributed by atoms with Crippen LogP contribution in [-0.4, -0.2) is 16.9 Å². The maximum atomic E-state index is 11.6. The Balaban J connectivity index is 2.03. The molecule has 0 N–H and O–H groups in total. The molecule has 0 saturated carbocycles. The van der Waals surface area contributed by atoms with Gasteiger partial charge in [0.05, 0.1) is 0 Å². The first-order chi connectivity index (χ1) is 8.11. The summed E-state index contributed by atoms with van der Waals surface area (Å²) in [6.07, 6.45) is 0. The number of nitrogens with zero attached hydrogens (tertiary/aromatic N) is 1. The molecule has 0 bridgehead atoms. The smallest absolute Gasteiger partial charge is 0.266 e. The predicted molar refractivity (Wildman–Crippen MR) is 68.0 cm³/mol. The first-order valence-electron chi connectivity index (χ1n) is 4.72. The fourth-order valence-electron chi connectivity index (χ4n) is 1.29. The molecule has 6 heteroatoms. The van der Waals surface area contributed by atoms with Gasteiger partial charge in [0.1, 0.15) is 15.6 Å². The Hall–Kier alpha value is -0.980. The van der Waals surface area contributed by atoms with Crippen molar-refractivity contribution >= 4 is 43.7 Å². The lowest BCUT2D eigenvalue weighted by Crippen LogP contribution is -2.31. The second-order valence-electron chi connectivity index (χ2n) is 3.29. The van der Waals surface area contributed by atoms with Crippen molar-refractivity contribution in [3.05, 3.63) is 44.9 Å². The van der Waals surface area contributed by atoms with Crippen molar-refractivity contribution in [3.63, 3.8) is 0 Å². The second kappa shape index (κ2) is 5.12. The van der Waals surface area contributed by atoms with Crippen molar-refractivity contribution in [2.75, 3.05) is 0 Å². The van der Waals surface area contributed by atoms with Gasteiger partial charge in [-0.1, -0.05) is 30.3 Å². The standard InChI is InChI=1S/C11H7Br2NO3/c12-8-9(13)11(16)14(10(8)15)17-6-7-4-2-1-3-5-7/h1-5H,6H2. The molecular formula is C11H7Br2NO3. The summed E-state index contributed by atoms with van der Waals surface area (Å²) < 4.78 is 0.353. The molecular weight excluding hydrogens is 354 g/mol. The normalized spacial score (nSPS) is 16.0. The molecule has 0 aromatic heterocycles. The lowest BCUT2D eigenvalue weighted by molar-refractivity contribution is -0.189. The molecule has 1 aliphatic heterocycles. The van der Waals surface area contributed by atoms with E-state index in [4.69, 9.17) is 4.84 Å². The van der Waals surface area contributed by atoms with Gasteiger partial charge in [0.2, 0.25) is 0 Å². The van der Waals surface area contributed by atoms with E-state index < -0.39 is 11.8 Å². The highest BCUT2D eigenvalue weighted by atomic mass is 79.9. The summed E-state index contributed by atoms with van der Waals surface area (Å²) in [6, 6.07) is 9.29. The number of imide groups is 1. The van der Waals surface area contributed by atoms with E-state index >= 15 is 0 Å². The van der Waals surface area contributed by atoms with Crippen LogP contribution in [0.25, 0.3) is 0 Å². The largest absolute Gasteiger partial charge is 0.293 e. The maximum Gasteiger partial charge on any atom is 0.293 e. The Morgan fingerprint density at radius 1 is 1.00 bits per heavy atom. The number of hydrogen-bond donors (Lipinski definition) is 0. The molecule has 0 unspecified atom stereocenters. The van der Waals surface area contributed by atoms with Crippen molar-refractivity contribution < 1.29 is 14.4 Å². The summed E-state index contributed by atoms with van der Waals surface area (Å²) in [6.45, 7) is 0.166. The number of halogens is 2. The van der Waals surface area contributed by atoms with E-state index in [1.54, 1.807) is 0 Å². The fraction of sp³-hybridized carbons (Fsp3) is 0.0909. The van der Waals surface area contributed by atoms with Crippen LogP contribution in [0.1, 0.15) is 5.56 Å². The van der Waals surface area contributed by atoms with Crippen LogP contribution in [0.15, 0.2) is 39.3 Å². The lowest BCUT2D eigenvalue weighted by atomic mass is 10.2. The summed E-state index contributed by atoms with van der Waals surface area (Å²) in [7, 11) is 0. The SMILES string of the molecule is O=C1C(Br)=C(Br)C(=O)N1OCc1ccccc1. The Labute approximate surface area is 114 Å². The molecule has 2 amide bonds. The maximum absolute atomic E-state index is 11.6. The van der Waals surface area contributed by atoms with E-state index in [-0.39, 0.29) is 15.6 Å². The molecule has 2 rings (SSSR count). The van der Waals surface area contributed by atoms with Gasteiger partial charge >= 0.3 is 0 Å². The van der Waals surface area contributed by atoms with E-state index in [0.29, 0.717) is 0 Å². The number of hydroxylamine groups is 2. The average molecular weight is 361 g/mol. The highest BCUT2D eigenvalue weighted by Crippen LogP contribution is 2.29. The summed E-state index contributed by atoms with van der Waals surface area (Å²) in [5.74, 6) is -1.00. The van der Waals surface area contributed by atoms with Crippen molar-refractivity contribution in [1.29, 1.82) is 0 Å². The van der Waals surface area contributed by atoms with Crippen LogP contribution < -0.4 is 0 Å². The molecule has 4 nitrogen and oxygen atoms in total. The van der Waals surface area contributed by atoms with Gasteiger partial charge in [-0.25, -0.2) is 0 Å². The van der Waals surface area contributed by atoms with Crippen LogP contribution in [0.3, 0.4) is 0 Å². The molecule has 1 heterocycles. The molecule has 0 fully saturated rings. The number of benzene rings is 1. The number of rotatable bonds is 3. The van der Waals surface area contributed by atoms with Crippen molar-refractivity contribution in [3.8, 4) is 0 Å². The Kier molecular flexibility index (Phi) is 3.76. The zero-order valence-electron chi connectivity index (χ0n) is 8.52. The minimum absolute atomic E-state index is 0.166. The van der Waals surface area contributed by atoms with Crippen molar-refractivity contribution in [1.82, 2.24) is 5.06 Å². The Morgan fingerprint density at radius 3 is 2.06 bits per heavy atom. The first kappa shape index (κ1) is 12.5. The second-order valence-corrected chi connectivity index (χ2v) is 4.88. The highest BCUT2D eigenvalue weighted by Gasteiger charge is 2.37. The van der Waals surface area contributed by atoms with Gasteiger partial charge in [-0.05, 0) is 37.4 Å². The summed E-state index contributed by atoms with van der Waals surface area (Å²) in [5.41, 5.74) is 0.882. The van der Waals surface area contributed by atoms with Gasteiger partial charge in [0.25, 0.3) is 11.8 Å². The van der Waals surface area contributed by atoms with E-state index in [0.717, 1.165) is 10.6 Å². The Bertz CT molecular complexity index is 475. The minimum Gasteiger partial charge on any atom is -0.266 e. The highest BCUT2D eigenvalue weighted by molar-refractivity contribution is 9.14. The molecule has 0 saturated heterocycles. The Morgan fingerprint density at radius 2 is 1.53 bits per heavy atom. The van der Waals surface area contributed by atoms with Gasteiger partial charge in [-0.3, -0.25) is 14.4 Å².